The fraction of sp³-hybridized carbons (Fsp3) is 0.800. The molecule has 4 heteroatoms. The molecule has 0 aromatic carbocycles. The molecule has 0 saturated heterocycles. The SMILES string of the molecule is CC(C)(C)[N-]/C=C\[N-]C(C)(C)C.[Cl][Sb]. The van der Waals surface area contributed by atoms with E-state index in [9.17, 15) is 0 Å². The number of hydrogen-bond acceptors (Lipinski definition) is 0. The van der Waals surface area contributed by atoms with Gasteiger partial charge in [-0.2, -0.15) is 0 Å². The first-order chi connectivity index (χ1) is 6.21. The van der Waals surface area contributed by atoms with Gasteiger partial charge in [-0.1, -0.05) is 41.5 Å². The van der Waals surface area contributed by atoms with Crippen LogP contribution >= 0.6 is 8.83 Å². The van der Waals surface area contributed by atoms with E-state index < -0.39 is 0 Å². The van der Waals surface area contributed by atoms with Crippen LogP contribution in [0.2, 0.25) is 0 Å². The topological polar surface area (TPSA) is 28.2 Å². The van der Waals surface area contributed by atoms with Crippen molar-refractivity contribution in [1.29, 1.82) is 0 Å². The van der Waals surface area contributed by atoms with Gasteiger partial charge < -0.3 is 10.6 Å². The summed E-state index contributed by atoms with van der Waals surface area (Å²) in [7, 11) is 4.69. The van der Waals surface area contributed by atoms with Crippen LogP contribution in [-0.2, 0) is 0 Å². The molecule has 0 heterocycles. The molecule has 0 atom stereocenters. The van der Waals surface area contributed by atoms with Gasteiger partial charge in [-0.3, -0.25) is 0 Å². The van der Waals surface area contributed by atoms with Crippen molar-refractivity contribution in [3.8, 4) is 0 Å². The Kier molecular flexibility index (Phi) is 9.28. The molecule has 0 N–H and O–H groups in total. The first kappa shape index (κ1) is 16.9. The van der Waals surface area contributed by atoms with Gasteiger partial charge in [0.25, 0.3) is 0 Å². The fourth-order valence-corrected chi connectivity index (χ4v) is 0.514. The van der Waals surface area contributed by atoms with Crippen molar-refractivity contribution in [2.45, 2.75) is 52.6 Å². The first-order valence-corrected chi connectivity index (χ1v) is 7.70. The number of nitrogens with zero attached hydrogens (tertiary/aromatic N) is 2. The van der Waals surface area contributed by atoms with E-state index in [1.54, 1.807) is 12.4 Å². The fourth-order valence-electron chi connectivity index (χ4n) is 0.514. The van der Waals surface area contributed by atoms with Crippen molar-refractivity contribution in [2.75, 3.05) is 0 Å². The van der Waals surface area contributed by atoms with Gasteiger partial charge in [-0.25, -0.2) is 12.4 Å². The molecule has 2 radical (unpaired) electrons. The minimum absolute atomic E-state index is 0.00387. The zero-order valence-corrected chi connectivity index (χ0v) is 13.2. The quantitative estimate of drug-likeness (QED) is 0.684. The molecule has 14 heavy (non-hydrogen) atoms. The summed E-state index contributed by atoms with van der Waals surface area (Å²) in [6, 6.07) is 0. The van der Waals surface area contributed by atoms with Gasteiger partial charge in [0.1, 0.15) is 0 Å². The Morgan fingerprint density at radius 2 is 1.00 bits per heavy atom. The van der Waals surface area contributed by atoms with Gasteiger partial charge in [-0.15, -0.1) is 11.1 Å². The molecule has 0 aliphatic rings. The summed E-state index contributed by atoms with van der Waals surface area (Å²) < 4.78 is 0. The van der Waals surface area contributed by atoms with Crippen molar-refractivity contribution >= 4 is 30.7 Å². The van der Waals surface area contributed by atoms with E-state index in [1.165, 1.54) is 21.9 Å². The molecule has 2 nitrogen and oxygen atoms in total. The van der Waals surface area contributed by atoms with Crippen LogP contribution in [0.1, 0.15) is 41.5 Å². The average molecular weight is 325 g/mol. The Morgan fingerprint density at radius 1 is 0.786 bits per heavy atom. The van der Waals surface area contributed by atoms with Crippen LogP contribution in [0.15, 0.2) is 12.4 Å². The van der Waals surface area contributed by atoms with Crippen molar-refractivity contribution in [3.63, 3.8) is 0 Å². The van der Waals surface area contributed by atoms with Crippen LogP contribution in [0.25, 0.3) is 10.6 Å². The molecule has 0 fully saturated rings. The summed E-state index contributed by atoms with van der Waals surface area (Å²) in [6.45, 7) is 12.4. The summed E-state index contributed by atoms with van der Waals surface area (Å²) in [5.74, 6) is 0. The van der Waals surface area contributed by atoms with Crippen molar-refractivity contribution in [3.05, 3.63) is 23.0 Å². The maximum atomic E-state index is 4.69. The van der Waals surface area contributed by atoms with E-state index in [-0.39, 0.29) is 11.1 Å². The third kappa shape index (κ3) is 18.3. The summed E-state index contributed by atoms with van der Waals surface area (Å²) in [6.07, 6.45) is 3.54. The predicted octanol–water partition coefficient (Wildman–Crippen LogP) is 4.11. The van der Waals surface area contributed by atoms with Crippen LogP contribution in [-0.4, -0.2) is 33.0 Å². The van der Waals surface area contributed by atoms with Crippen molar-refractivity contribution < 1.29 is 0 Å². The van der Waals surface area contributed by atoms with Crippen LogP contribution in [0.5, 0.6) is 0 Å². The summed E-state index contributed by atoms with van der Waals surface area (Å²) in [4.78, 5) is 0. The molecule has 0 rings (SSSR count). The Morgan fingerprint density at radius 3 is 1.14 bits per heavy atom. The van der Waals surface area contributed by atoms with Crippen LogP contribution in [0.3, 0.4) is 0 Å². The Balaban J connectivity index is 0. The van der Waals surface area contributed by atoms with E-state index in [2.05, 4.69) is 61.0 Å². The molecule has 84 valence electrons. The Hall–Kier alpha value is 0.448. The van der Waals surface area contributed by atoms with Crippen molar-refractivity contribution in [1.82, 2.24) is 0 Å². The molecule has 0 amide bonds. The Labute approximate surface area is 106 Å². The van der Waals surface area contributed by atoms with Gasteiger partial charge in [-0.05, 0) is 0 Å². The van der Waals surface area contributed by atoms with Crippen LogP contribution in [0, 0.1) is 0 Å². The standard InChI is InChI=1S/C10H20N2.ClH.Sb/c1-9(2,3)11-7-8-12-10(4,5)6;;/h7-8H,1-6H3;1H;/q-2;;+1/p-1/b8-7-;;. The second-order valence-electron chi connectivity index (χ2n) is 4.90. The number of rotatable bonds is 2. The number of halogens is 1. The third-order valence-electron chi connectivity index (χ3n) is 0.990. The summed E-state index contributed by atoms with van der Waals surface area (Å²) in [5, 5.41) is 8.57. The molecule has 0 unspecified atom stereocenters. The van der Waals surface area contributed by atoms with E-state index >= 15 is 0 Å². The predicted molar refractivity (Wildman–Crippen MR) is 67.0 cm³/mol. The van der Waals surface area contributed by atoms with Gasteiger partial charge in [0.2, 0.25) is 0 Å². The zero-order chi connectivity index (χ0) is 11.8. The molecule has 0 aliphatic carbocycles. The van der Waals surface area contributed by atoms with Crippen LogP contribution in [0.4, 0.5) is 0 Å². The van der Waals surface area contributed by atoms with Gasteiger partial charge in [0.05, 0.1) is 0 Å². The van der Waals surface area contributed by atoms with E-state index in [1.807, 2.05) is 0 Å². The Bertz CT molecular complexity index is 138. The molecule has 0 aromatic rings. The number of hydrogen-bond donors (Lipinski definition) is 0. The molecule has 0 spiro atoms. The molecule has 0 saturated carbocycles. The summed E-state index contributed by atoms with van der Waals surface area (Å²) in [5.41, 5.74) is 0.00775. The van der Waals surface area contributed by atoms with Gasteiger partial charge in [0.15, 0.2) is 0 Å². The van der Waals surface area contributed by atoms with E-state index in [4.69, 9.17) is 0 Å². The van der Waals surface area contributed by atoms with Crippen molar-refractivity contribution in [2.24, 2.45) is 0 Å². The molecular formula is C10H20ClN2Sb-2. The maximum absolute atomic E-state index is 4.69. The second kappa shape index (κ2) is 7.70. The second-order valence-corrected chi connectivity index (χ2v) is 4.90. The van der Waals surface area contributed by atoms with Gasteiger partial charge in [0, 0.05) is 0 Å². The third-order valence-corrected chi connectivity index (χ3v) is 0.990. The molecular weight excluding hydrogens is 305 g/mol. The monoisotopic (exact) mass is 324 g/mol. The summed E-state index contributed by atoms with van der Waals surface area (Å²) >= 11 is 1.22. The van der Waals surface area contributed by atoms with E-state index in [0.717, 1.165) is 0 Å². The molecule has 0 aliphatic heterocycles. The van der Waals surface area contributed by atoms with Crippen LogP contribution < -0.4 is 0 Å². The first-order valence-electron chi connectivity index (χ1n) is 4.47. The average Bonchev–Trinajstić information content (AvgIpc) is 1.99. The molecule has 0 bridgehead atoms. The zero-order valence-electron chi connectivity index (χ0n) is 9.87. The molecule has 0 aromatic heterocycles. The minimum atomic E-state index is 0.00387. The van der Waals surface area contributed by atoms with E-state index in [0.29, 0.717) is 0 Å². The van der Waals surface area contributed by atoms with Gasteiger partial charge >= 0.3 is 30.7 Å². The normalized spacial score (nSPS) is 12.0.